The largest absolute Gasteiger partial charge is 0.466 e. The zero-order valence-electron chi connectivity index (χ0n) is 44.3. The molecule has 378 valence electrons. The lowest BCUT2D eigenvalue weighted by Gasteiger charge is -2.06. The van der Waals surface area contributed by atoms with Gasteiger partial charge in [0, 0.05) is 6.42 Å². The van der Waals surface area contributed by atoms with E-state index in [9.17, 15) is 4.79 Å². The van der Waals surface area contributed by atoms with Crippen molar-refractivity contribution in [1.82, 2.24) is 0 Å². The lowest BCUT2D eigenvalue weighted by molar-refractivity contribution is -0.143. The molecule has 0 amide bonds. The average Bonchev–Trinajstić information content (AvgIpc) is 3.29. The normalized spacial score (nSPS) is 11.6. The minimum atomic E-state index is 0.0358. The summed E-state index contributed by atoms with van der Waals surface area (Å²) >= 11 is 0. The van der Waals surface area contributed by atoms with E-state index in [4.69, 9.17) is 4.74 Å². The van der Waals surface area contributed by atoms with Crippen LogP contribution in [0.15, 0.2) is 0 Å². The van der Waals surface area contributed by atoms with Crippen LogP contribution in [0.4, 0.5) is 0 Å². The molecule has 0 N–H and O–H groups in total. The van der Waals surface area contributed by atoms with E-state index in [1.54, 1.807) is 0 Å². The summed E-state index contributed by atoms with van der Waals surface area (Å²) in [4.78, 5) is 12.1. The third-order valence-corrected chi connectivity index (χ3v) is 14.5. The summed E-state index contributed by atoms with van der Waals surface area (Å²) in [5, 5.41) is 0. The second-order valence-corrected chi connectivity index (χ2v) is 21.1. The Morgan fingerprint density at radius 2 is 0.349 bits per heavy atom. The van der Waals surface area contributed by atoms with Crippen LogP contribution in [-0.2, 0) is 9.53 Å². The van der Waals surface area contributed by atoms with Crippen molar-refractivity contribution in [3.05, 3.63) is 0 Å². The minimum Gasteiger partial charge on any atom is -0.466 e. The molecule has 2 nitrogen and oxygen atoms in total. The van der Waals surface area contributed by atoms with E-state index in [0.717, 1.165) is 12.8 Å². The van der Waals surface area contributed by atoms with E-state index in [1.165, 1.54) is 347 Å². The van der Waals surface area contributed by atoms with Crippen LogP contribution in [-0.4, -0.2) is 12.6 Å². The number of ether oxygens (including phenoxy) is 1. The second kappa shape index (κ2) is 59.5. The molecule has 0 rings (SSSR count). The van der Waals surface area contributed by atoms with Gasteiger partial charge < -0.3 is 4.74 Å². The van der Waals surface area contributed by atoms with Crippen LogP contribution >= 0.6 is 0 Å². The van der Waals surface area contributed by atoms with Gasteiger partial charge in [0.25, 0.3) is 0 Å². The summed E-state index contributed by atoms with van der Waals surface area (Å²) in [7, 11) is 0. The van der Waals surface area contributed by atoms with Gasteiger partial charge >= 0.3 is 5.97 Å². The summed E-state index contributed by atoms with van der Waals surface area (Å²) in [6.07, 6.45) is 80.3. The van der Waals surface area contributed by atoms with Crippen LogP contribution in [0.3, 0.4) is 0 Å². The highest BCUT2D eigenvalue weighted by Gasteiger charge is 2.03. The molecule has 0 heterocycles. The standard InChI is InChI=1S/C61H122O2/c1-3-5-7-9-11-13-15-17-19-21-23-24-25-26-27-28-29-30-31-32-33-34-35-36-37-38-39-40-41-43-45-47-49-51-53-55-57-59-61(62)63-60-58-56-54-52-50-48-46-44-42-22-20-18-16-14-12-10-8-6-4-2/h3-60H2,1-2H3. The number of hydrogen-bond acceptors (Lipinski definition) is 2. The number of esters is 1. The van der Waals surface area contributed by atoms with Gasteiger partial charge in [-0.15, -0.1) is 0 Å². The number of rotatable bonds is 58. The Bertz CT molecular complexity index is 792. The van der Waals surface area contributed by atoms with E-state index >= 15 is 0 Å². The van der Waals surface area contributed by atoms with Crippen LogP contribution < -0.4 is 0 Å². The Labute approximate surface area is 400 Å². The van der Waals surface area contributed by atoms with E-state index in [-0.39, 0.29) is 5.97 Å². The minimum absolute atomic E-state index is 0.0358. The number of hydrogen-bond donors (Lipinski definition) is 0. The van der Waals surface area contributed by atoms with Gasteiger partial charge in [0.2, 0.25) is 0 Å². The van der Waals surface area contributed by atoms with E-state index in [0.29, 0.717) is 13.0 Å². The average molecular weight is 888 g/mol. The quantitative estimate of drug-likeness (QED) is 0.0449. The fourth-order valence-corrected chi connectivity index (χ4v) is 9.97. The van der Waals surface area contributed by atoms with Crippen molar-refractivity contribution in [2.24, 2.45) is 0 Å². The van der Waals surface area contributed by atoms with Crippen molar-refractivity contribution in [3.8, 4) is 0 Å². The molecule has 0 saturated heterocycles. The molecule has 0 fully saturated rings. The molecule has 0 aromatic heterocycles. The first kappa shape index (κ1) is 62.5. The van der Waals surface area contributed by atoms with E-state index in [1.807, 2.05) is 0 Å². The first-order chi connectivity index (χ1) is 31.3. The van der Waals surface area contributed by atoms with Gasteiger partial charge in [0.15, 0.2) is 0 Å². The van der Waals surface area contributed by atoms with Crippen molar-refractivity contribution in [1.29, 1.82) is 0 Å². The Hall–Kier alpha value is -0.530. The first-order valence-electron chi connectivity index (χ1n) is 30.5. The summed E-state index contributed by atoms with van der Waals surface area (Å²) in [6.45, 7) is 5.25. The van der Waals surface area contributed by atoms with Gasteiger partial charge in [-0.05, 0) is 12.8 Å². The fraction of sp³-hybridized carbons (Fsp3) is 0.984. The highest BCUT2D eigenvalue weighted by atomic mass is 16.5. The zero-order chi connectivity index (χ0) is 45.3. The van der Waals surface area contributed by atoms with Gasteiger partial charge in [0.1, 0.15) is 0 Å². The zero-order valence-corrected chi connectivity index (χ0v) is 44.3. The van der Waals surface area contributed by atoms with Crippen LogP contribution in [0.25, 0.3) is 0 Å². The Kier molecular flexibility index (Phi) is 59.0. The van der Waals surface area contributed by atoms with Crippen LogP contribution in [0.1, 0.15) is 380 Å². The van der Waals surface area contributed by atoms with Crippen molar-refractivity contribution >= 4 is 5.97 Å². The maximum Gasteiger partial charge on any atom is 0.305 e. The molecule has 0 saturated carbocycles. The SMILES string of the molecule is CCCCCCCCCCCCCCCCCCCCCCCCCCCCCCCCCCCCCCCC(=O)OCCCCCCCCCCCCCCCCCCCCC. The van der Waals surface area contributed by atoms with Crippen molar-refractivity contribution in [3.63, 3.8) is 0 Å². The summed E-state index contributed by atoms with van der Waals surface area (Å²) < 4.78 is 5.51. The predicted octanol–water partition coefficient (Wildman–Crippen LogP) is 22.8. The Balaban J connectivity index is 3.13. The molecule has 0 unspecified atom stereocenters. The maximum atomic E-state index is 12.1. The molecule has 0 aromatic carbocycles. The van der Waals surface area contributed by atoms with Crippen molar-refractivity contribution < 1.29 is 9.53 Å². The molecular formula is C61H122O2. The molecule has 2 heteroatoms. The smallest absolute Gasteiger partial charge is 0.305 e. The predicted molar refractivity (Wildman–Crippen MR) is 285 cm³/mol. The van der Waals surface area contributed by atoms with Gasteiger partial charge in [0.05, 0.1) is 6.61 Å². The molecule has 0 aliphatic carbocycles. The third-order valence-electron chi connectivity index (χ3n) is 14.5. The second-order valence-electron chi connectivity index (χ2n) is 21.1. The summed E-state index contributed by atoms with van der Waals surface area (Å²) in [5.41, 5.74) is 0. The first-order valence-corrected chi connectivity index (χ1v) is 30.5. The van der Waals surface area contributed by atoms with Crippen LogP contribution in [0, 0.1) is 0 Å². The number of unbranched alkanes of at least 4 members (excludes halogenated alkanes) is 54. The van der Waals surface area contributed by atoms with Crippen molar-refractivity contribution in [2.45, 2.75) is 380 Å². The number of carbonyl (C=O) groups is 1. The maximum absolute atomic E-state index is 12.1. The molecule has 0 bridgehead atoms. The summed E-state index contributed by atoms with van der Waals surface area (Å²) in [6, 6.07) is 0. The highest BCUT2D eigenvalue weighted by Crippen LogP contribution is 2.19. The van der Waals surface area contributed by atoms with Crippen molar-refractivity contribution in [2.75, 3.05) is 6.61 Å². The molecule has 63 heavy (non-hydrogen) atoms. The van der Waals surface area contributed by atoms with Gasteiger partial charge in [-0.2, -0.15) is 0 Å². The molecule has 0 aliphatic rings. The number of carbonyl (C=O) groups excluding carboxylic acids is 1. The van der Waals surface area contributed by atoms with Crippen LogP contribution in [0.5, 0.6) is 0 Å². The molecule has 0 aliphatic heterocycles. The molecule has 0 radical (unpaired) electrons. The van der Waals surface area contributed by atoms with Gasteiger partial charge in [-0.25, -0.2) is 0 Å². The third kappa shape index (κ3) is 59.5. The van der Waals surface area contributed by atoms with E-state index < -0.39 is 0 Å². The fourth-order valence-electron chi connectivity index (χ4n) is 9.97. The molecule has 0 atom stereocenters. The monoisotopic (exact) mass is 887 g/mol. The lowest BCUT2D eigenvalue weighted by Crippen LogP contribution is -2.05. The Morgan fingerprint density at radius 3 is 0.524 bits per heavy atom. The lowest BCUT2D eigenvalue weighted by atomic mass is 10.0. The Morgan fingerprint density at radius 1 is 0.206 bits per heavy atom. The topological polar surface area (TPSA) is 26.3 Å². The van der Waals surface area contributed by atoms with Crippen LogP contribution in [0.2, 0.25) is 0 Å². The van der Waals surface area contributed by atoms with Gasteiger partial charge in [-0.1, -0.05) is 361 Å². The summed E-state index contributed by atoms with van der Waals surface area (Å²) in [5.74, 6) is 0.0358. The molecular weight excluding hydrogens is 765 g/mol. The molecule has 0 spiro atoms. The molecule has 0 aromatic rings. The van der Waals surface area contributed by atoms with Gasteiger partial charge in [-0.3, -0.25) is 4.79 Å². The van der Waals surface area contributed by atoms with E-state index in [2.05, 4.69) is 13.8 Å². The highest BCUT2D eigenvalue weighted by molar-refractivity contribution is 5.69.